The fourth-order valence-electron chi connectivity index (χ4n) is 0.320. The van der Waals surface area contributed by atoms with Crippen LogP contribution in [0.4, 0.5) is 0 Å². The Labute approximate surface area is 76.7 Å². The molecule has 0 atom stereocenters. The average Bonchev–Trinajstić information content (AvgIpc) is 1.83. The van der Waals surface area contributed by atoms with E-state index >= 15 is 0 Å². The number of hydrogen-bond acceptors (Lipinski definition) is 2. The number of hydrogen-bond donors (Lipinski definition) is 1. The number of nitrogens with one attached hydrogen (secondary N) is 1. The van der Waals surface area contributed by atoms with Crippen LogP contribution in [0, 0.1) is 0 Å². The third kappa shape index (κ3) is 8.72. The van der Waals surface area contributed by atoms with Gasteiger partial charge in [-0.15, -0.1) is 17.0 Å². The molecule has 0 amide bonds. The van der Waals surface area contributed by atoms with Gasteiger partial charge >= 0.3 is 0 Å². The largest absolute Gasteiger partial charge is 0.383 e. The average molecular weight is 230 g/mol. The van der Waals surface area contributed by atoms with Crippen molar-refractivity contribution in [3.05, 3.63) is 0 Å². The molecule has 0 heterocycles. The zero-order valence-electron chi connectivity index (χ0n) is 5.64. The van der Waals surface area contributed by atoms with E-state index in [0.29, 0.717) is 0 Å². The summed E-state index contributed by atoms with van der Waals surface area (Å²) in [7, 11) is 1.86. The van der Waals surface area contributed by atoms with Crippen LogP contribution in [0.15, 0.2) is 0 Å². The summed E-state index contributed by atoms with van der Waals surface area (Å²) in [4.78, 5) is 0.958. The second kappa shape index (κ2) is 8.72. The van der Waals surface area contributed by atoms with E-state index in [1.165, 1.54) is 0 Å². The molecule has 0 unspecified atom stereocenters. The van der Waals surface area contributed by atoms with Gasteiger partial charge in [-0.2, -0.15) is 11.8 Å². The van der Waals surface area contributed by atoms with E-state index in [-0.39, 0.29) is 17.0 Å². The second-order valence-electron chi connectivity index (χ2n) is 1.42. The van der Waals surface area contributed by atoms with Gasteiger partial charge in [0.25, 0.3) is 0 Å². The summed E-state index contributed by atoms with van der Waals surface area (Å²) < 4.78 is 0. The molecule has 0 fully saturated rings. The molecular formula is C5H12BrNS2. The first kappa shape index (κ1) is 12.4. The highest BCUT2D eigenvalue weighted by atomic mass is 79.9. The van der Waals surface area contributed by atoms with E-state index in [0.717, 1.165) is 17.2 Å². The molecule has 0 aromatic rings. The van der Waals surface area contributed by atoms with Crippen LogP contribution < -0.4 is 5.32 Å². The van der Waals surface area contributed by atoms with Gasteiger partial charge in [0.1, 0.15) is 0 Å². The number of halogens is 1. The lowest BCUT2D eigenvalue weighted by molar-refractivity contribution is 1.13. The van der Waals surface area contributed by atoms with Gasteiger partial charge in [-0.05, 0) is 12.0 Å². The van der Waals surface area contributed by atoms with Gasteiger partial charge in [-0.1, -0.05) is 12.2 Å². The highest BCUT2D eigenvalue weighted by Gasteiger charge is 1.88. The van der Waals surface area contributed by atoms with Crippen LogP contribution in [0.25, 0.3) is 0 Å². The SMILES string of the molecule is Br.CNC(=S)CCSC. The summed E-state index contributed by atoms with van der Waals surface area (Å²) in [6.45, 7) is 0. The Morgan fingerprint density at radius 3 is 2.56 bits per heavy atom. The van der Waals surface area contributed by atoms with Crippen molar-refractivity contribution in [1.82, 2.24) is 5.32 Å². The Kier molecular flexibility index (Phi) is 12.0. The lowest BCUT2D eigenvalue weighted by atomic mass is 10.5. The van der Waals surface area contributed by atoms with Gasteiger partial charge in [-0.25, -0.2) is 0 Å². The van der Waals surface area contributed by atoms with Crippen molar-refractivity contribution in [3.63, 3.8) is 0 Å². The van der Waals surface area contributed by atoms with E-state index in [2.05, 4.69) is 11.6 Å². The molecule has 0 aliphatic carbocycles. The fourth-order valence-corrected chi connectivity index (χ4v) is 0.959. The van der Waals surface area contributed by atoms with Crippen molar-refractivity contribution in [3.8, 4) is 0 Å². The molecule has 0 aromatic heterocycles. The molecule has 1 nitrogen and oxygen atoms in total. The summed E-state index contributed by atoms with van der Waals surface area (Å²) in [6, 6.07) is 0. The smallest absolute Gasteiger partial charge is 0.0759 e. The molecule has 4 heteroatoms. The third-order valence-electron chi connectivity index (χ3n) is 0.812. The van der Waals surface area contributed by atoms with Crippen LogP contribution in [-0.2, 0) is 0 Å². The highest BCUT2D eigenvalue weighted by Crippen LogP contribution is 1.94. The summed E-state index contributed by atoms with van der Waals surface area (Å²) in [5.41, 5.74) is 0. The molecule has 1 N–H and O–H groups in total. The minimum atomic E-state index is 0. The molecular weight excluding hydrogens is 218 g/mol. The van der Waals surface area contributed by atoms with Gasteiger partial charge in [0, 0.05) is 13.5 Å². The van der Waals surface area contributed by atoms with Gasteiger partial charge in [0.05, 0.1) is 4.99 Å². The minimum Gasteiger partial charge on any atom is -0.383 e. The Bertz CT molecular complexity index is 77.4. The quantitative estimate of drug-likeness (QED) is 0.743. The Morgan fingerprint density at radius 2 is 2.22 bits per heavy atom. The van der Waals surface area contributed by atoms with Crippen LogP contribution in [0.5, 0.6) is 0 Å². The molecule has 0 radical (unpaired) electrons. The maximum atomic E-state index is 4.90. The molecule has 0 bridgehead atoms. The standard InChI is InChI=1S/C5H11NS2.BrH/c1-6-5(7)3-4-8-2;/h3-4H2,1-2H3,(H,6,7);1H. The van der Waals surface area contributed by atoms with E-state index in [9.17, 15) is 0 Å². The van der Waals surface area contributed by atoms with Crippen LogP contribution in [0.1, 0.15) is 6.42 Å². The zero-order chi connectivity index (χ0) is 6.41. The van der Waals surface area contributed by atoms with Crippen LogP contribution in [0.3, 0.4) is 0 Å². The fraction of sp³-hybridized carbons (Fsp3) is 0.800. The topological polar surface area (TPSA) is 12.0 Å². The first-order chi connectivity index (χ1) is 3.81. The minimum absolute atomic E-state index is 0. The second-order valence-corrected chi connectivity index (χ2v) is 2.89. The predicted molar refractivity (Wildman–Crippen MR) is 55.0 cm³/mol. The first-order valence-corrected chi connectivity index (χ1v) is 4.31. The van der Waals surface area contributed by atoms with E-state index in [1.807, 2.05) is 18.8 Å². The van der Waals surface area contributed by atoms with Crippen LogP contribution in [-0.4, -0.2) is 24.0 Å². The van der Waals surface area contributed by atoms with Gasteiger partial charge in [0.2, 0.25) is 0 Å². The summed E-state index contributed by atoms with van der Waals surface area (Å²) in [5, 5.41) is 2.92. The highest BCUT2D eigenvalue weighted by molar-refractivity contribution is 8.93. The van der Waals surface area contributed by atoms with Crippen molar-refractivity contribution < 1.29 is 0 Å². The predicted octanol–water partition coefficient (Wildman–Crippen LogP) is 1.86. The summed E-state index contributed by atoms with van der Waals surface area (Å²) in [5.74, 6) is 1.12. The Morgan fingerprint density at radius 1 is 1.67 bits per heavy atom. The normalized spacial score (nSPS) is 7.78. The van der Waals surface area contributed by atoms with Crippen molar-refractivity contribution >= 4 is 45.9 Å². The van der Waals surface area contributed by atoms with Gasteiger partial charge in [0.15, 0.2) is 0 Å². The molecule has 0 aliphatic rings. The number of thiocarbonyl (C=S) groups is 1. The number of thioether (sulfide) groups is 1. The molecule has 56 valence electrons. The van der Waals surface area contributed by atoms with Gasteiger partial charge in [-0.3, -0.25) is 0 Å². The van der Waals surface area contributed by atoms with E-state index in [1.54, 1.807) is 0 Å². The molecule has 9 heavy (non-hydrogen) atoms. The first-order valence-electron chi connectivity index (χ1n) is 2.50. The maximum absolute atomic E-state index is 4.90. The van der Waals surface area contributed by atoms with Crippen molar-refractivity contribution in [2.24, 2.45) is 0 Å². The summed E-state index contributed by atoms with van der Waals surface area (Å²) >= 11 is 6.71. The lowest BCUT2D eigenvalue weighted by Crippen LogP contribution is -2.15. The monoisotopic (exact) mass is 229 g/mol. The number of rotatable bonds is 3. The van der Waals surface area contributed by atoms with E-state index in [4.69, 9.17) is 12.2 Å². The molecule has 0 spiro atoms. The third-order valence-corrected chi connectivity index (χ3v) is 1.83. The maximum Gasteiger partial charge on any atom is 0.0759 e. The molecule has 0 saturated heterocycles. The van der Waals surface area contributed by atoms with Crippen LogP contribution in [0.2, 0.25) is 0 Å². The molecule has 0 aliphatic heterocycles. The van der Waals surface area contributed by atoms with Crippen LogP contribution >= 0.6 is 41.0 Å². The molecule has 0 aromatic carbocycles. The zero-order valence-corrected chi connectivity index (χ0v) is 8.99. The molecule has 0 saturated carbocycles. The van der Waals surface area contributed by atoms with Crippen molar-refractivity contribution in [1.29, 1.82) is 0 Å². The van der Waals surface area contributed by atoms with Crippen molar-refractivity contribution in [2.75, 3.05) is 19.1 Å². The lowest BCUT2D eigenvalue weighted by Gasteiger charge is -1.97. The summed E-state index contributed by atoms with van der Waals surface area (Å²) in [6.07, 6.45) is 3.09. The van der Waals surface area contributed by atoms with Gasteiger partial charge < -0.3 is 5.32 Å². The Balaban J connectivity index is 0. The van der Waals surface area contributed by atoms with Crippen molar-refractivity contribution in [2.45, 2.75) is 6.42 Å². The van der Waals surface area contributed by atoms with E-state index < -0.39 is 0 Å². The Hall–Kier alpha value is 0.720. The molecule has 0 rings (SSSR count).